The van der Waals surface area contributed by atoms with E-state index in [4.69, 9.17) is 34.8 Å². The number of hydrogen-bond acceptors (Lipinski definition) is 6. The van der Waals surface area contributed by atoms with Gasteiger partial charge in [-0.05, 0) is 30.3 Å². The van der Waals surface area contributed by atoms with Crippen molar-refractivity contribution in [2.24, 2.45) is 0 Å². The topological polar surface area (TPSA) is 101 Å². The number of nitrogens with one attached hydrogen (secondary N) is 2. The molecule has 12 heteroatoms. The van der Waals surface area contributed by atoms with E-state index in [1.807, 2.05) is 0 Å². The van der Waals surface area contributed by atoms with Gasteiger partial charge in [0.1, 0.15) is 0 Å². The van der Waals surface area contributed by atoms with E-state index >= 15 is 0 Å². The van der Waals surface area contributed by atoms with Crippen LogP contribution in [0.25, 0.3) is 0 Å². The van der Waals surface area contributed by atoms with Gasteiger partial charge in [-0.25, -0.2) is 0 Å². The van der Waals surface area contributed by atoms with Crippen molar-refractivity contribution in [3.8, 4) is 0 Å². The average molecular weight is 464 g/mol. The number of hydrogen-bond donors (Lipinski definition) is 2. The molecule has 1 aromatic heterocycles. The number of amides is 1. The summed E-state index contributed by atoms with van der Waals surface area (Å²) in [7, 11) is -4.01. The molecule has 0 saturated heterocycles. The molecular weight excluding hydrogens is 455 g/mol. The summed E-state index contributed by atoms with van der Waals surface area (Å²) in [6.07, 6.45) is 0. The molecule has 0 bridgehead atoms. The standard InChI is InChI=1S/C15H9Cl3N4O3S2/c16-8-5-6-9(11(18)7-8)13(23)19-14-20-21-15(26-14)27(24,25)22-12-4-2-1-3-10(12)17/h1-7,22H,(H,19,20,23). The lowest BCUT2D eigenvalue weighted by Crippen LogP contribution is -2.13. The van der Waals surface area contributed by atoms with Crippen molar-refractivity contribution in [2.45, 2.75) is 4.34 Å². The third kappa shape index (κ3) is 4.69. The fraction of sp³-hybridized carbons (Fsp3) is 0. The number of rotatable bonds is 5. The molecule has 3 aromatic rings. The summed E-state index contributed by atoms with van der Waals surface area (Å²) in [5, 5.41) is 10.5. The number of carbonyl (C=O) groups is 1. The van der Waals surface area contributed by atoms with Crippen LogP contribution in [0.4, 0.5) is 10.8 Å². The number of para-hydroxylation sites is 1. The lowest BCUT2D eigenvalue weighted by Gasteiger charge is -2.06. The maximum atomic E-state index is 12.4. The average Bonchev–Trinajstić information content (AvgIpc) is 3.06. The first kappa shape index (κ1) is 19.8. The number of halogens is 3. The molecule has 0 atom stereocenters. The monoisotopic (exact) mass is 462 g/mol. The van der Waals surface area contributed by atoms with Crippen LogP contribution in [-0.4, -0.2) is 24.5 Å². The first-order valence-corrected chi connectivity index (χ1v) is 10.6. The third-order valence-electron chi connectivity index (χ3n) is 3.15. The van der Waals surface area contributed by atoms with Gasteiger partial charge in [-0.1, -0.05) is 58.3 Å². The second-order valence-electron chi connectivity index (χ2n) is 5.04. The predicted octanol–water partition coefficient (Wildman–Crippen LogP) is 4.55. The fourth-order valence-corrected chi connectivity index (χ4v) is 4.65. The number of anilines is 2. The zero-order chi connectivity index (χ0) is 19.6. The van der Waals surface area contributed by atoms with Crippen LogP contribution in [0, 0.1) is 0 Å². The van der Waals surface area contributed by atoms with Gasteiger partial charge in [-0.15, -0.1) is 10.2 Å². The van der Waals surface area contributed by atoms with Crippen LogP contribution in [0.5, 0.6) is 0 Å². The molecule has 1 amide bonds. The van der Waals surface area contributed by atoms with E-state index in [0.717, 1.165) is 0 Å². The summed E-state index contributed by atoms with van der Waals surface area (Å²) in [5.74, 6) is -0.573. The van der Waals surface area contributed by atoms with Crippen LogP contribution in [0.2, 0.25) is 15.1 Å². The smallest absolute Gasteiger partial charge is 0.291 e. The minimum Gasteiger partial charge on any atom is -0.296 e. The van der Waals surface area contributed by atoms with Crippen molar-refractivity contribution < 1.29 is 13.2 Å². The molecule has 1 heterocycles. The Bertz CT molecular complexity index is 1120. The molecule has 7 nitrogen and oxygen atoms in total. The molecule has 0 saturated carbocycles. The highest BCUT2D eigenvalue weighted by molar-refractivity contribution is 7.94. The van der Waals surface area contributed by atoms with Crippen molar-refractivity contribution in [1.82, 2.24) is 10.2 Å². The number of benzene rings is 2. The van der Waals surface area contributed by atoms with E-state index in [1.54, 1.807) is 18.2 Å². The highest BCUT2D eigenvalue weighted by Crippen LogP contribution is 2.27. The Morgan fingerprint density at radius 1 is 1.00 bits per heavy atom. The molecular formula is C15H9Cl3N4O3S2. The van der Waals surface area contributed by atoms with Gasteiger partial charge >= 0.3 is 0 Å². The van der Waals surface area contributed by atoms with E-state index in [2.05, 4.69) is 20.2 Å². The van der Waals surface area contributed by atoms with Gasteiger partial charge in [0.25, 0.3) is 20.3 Å². The lowest BCUT2D eigenvalue weighted by molar-refractivity contribution is 0.102. The summed E-state index contributed by atoms with van der Waals surface area (Å²) < 4.78 is 26.8. The third-order valence-corrected chi connectivity index (χ3v) is 6.60. The number of sulfonamides is 1. The van der Waals surface area contributed by atoms with E-state index in [0.29, 0.717) is 16.4 Å². The van der Waals surface area contributed by atoms with Crippen LogP contribution in [0.3, 0.4) is 0 Å². The molecule has 0 aliphatic heterocycles. The number of nitrogens with zero attached hydrogens (tertiary/aromatic N) is 2. The van der Waals surface area contributed by atoms with Gasteiger partial charge in [-0.3, -0.25) is 14.8 Å². The summed E-state index contributed by atoms with van der Waals surface area (Å²) in [4.78, 5) is 12.3. The molecule has 27 heavy (non-hydrogen) atoms. The first-order valence-electron chi connectivity index (χ1n) is 7.13. The second kappa shape index (κ2) is 7.99. The molecule has 0 aliphatic carbocycles. The highest BCUT2D eigenvalue weighted by Gasteiger charge is 2.22. The lowest BCUT2D eigenvalue weighted by atomic mass is 10.2. The summed E-state index contributed by atoms with van der Waals surface area (Å²) >= 11 is 18.4. The Morgan fingerprint density at radius 2 is 1.74 bits per heavy atom. The van der Waals surface area contributed by atoms with Crippen LogP contribution >= 0.6 is 46.1 Å². The maximum Gasteiger partial charge on any atom is 0.291 e. The molecule has 3 rings (SSSR count). The Hall–Kier alpha value is -1.91. The molecule has 0 radical (unpaired) electrons. The number of carbonyl (C=O) groups excluding carboxylic acids is 1. The minimum atomic E-state index is -4.01. The molecule has 2 N–H and O–H groups in total. The van der Waals surface area contributed by atoms with Crippen LogP contribution in [-0.2, 0) is 10.0 Å². The Balaban J connectivity index is 1.78. The Morgan fingerprint density at radius 3 is 2.44 bits per heavy atom. The molecule has 140 valence electrons. The van der Waals surface area contributed by atoms with Crippen molar-refractivity contribution >= 4 is 72.9 Å². The summed E-state index contributed by atoms with van der Waals surface area (Å²) in [6.45, 7) is 0. The van der Waals surface area contributed by atoms with Crippen molar-refractivity contribution in [2.75, 3.05) is 10.0 Å². The maximum absolute atomic E-state index is 12.4. The zero-order valence-electron chi connectivity index (χ0n) is 13.1. The van der Waals surface area contributed by atoms with Gasteiger partial charge < -0.3 is 0 Å². The van der Waals surface area contributed by atoms with E-state index in [1.165, 1.54) is 24.3 Å². The van der Waals surface area contributed by atoms with Crippen molar-refractivity contribution in [3.05, 3.63) is 63.1 Å². The predicted molar refractivity (Wildman–Crippen MR) is 107 cm³/mol. The van der Waals surface area contributed by atoms with E-state index in [9.17, 15) is 13.2 Å². The Kier molecular flexibility index (Phi) is 5.87. The van der Waals surface area contributed by atoms with Crippen molar-refractivity contribution in [3.63, 3.8) is 0 Å². The fourth-order valence-electron chi connectivity index (χ4n) is 1.94. The largest absolute Gasteiger partial charge is 0.296 e. The normalized spacial score (nSPS) is 11.2. The molecule has 0 unspecified atom stereocenters. The van der Waals surface area contributed by atoms with Gasteiger partial charge in [-0.2, -0.15) is 8.42 Å². The number of aromatic nitrogens is 2. The molecule has 2 aromatic carbocycles. The van der Waals surface area contributed by atoms with Crippen LogP contribution in [0.1, 0.15) is 10.4 Å². The SMILES string of the molecule is O=C(Nc1nnc(S(=O)(=O)Nc2ccccc2Cl)s1)c1ccc(Cl)cc1Cl. The van der Waals surface area contributed by atoms with Gasteiger partial charge in [0.05, 0.1) is 21.3 Å². The summed E-state index contributed by atoms with van der Waals surface area (Å²) in [5.41, 5.74) is 0.364. The van der Waals surface area contributed by atoms with E-state index < -0.39 is 15.9 Å². The minimum absolute atomic E-state index is 0.00875. The second-order valence-corrected chi connectivity index (χ2v) is 9.12. The van der Waals surface area contributed by atoms with Gasteiger partial charge in [0.15, 0.2) is 0 Å². The van der Waals surface area contributed by atoms with E-state index in [-0.39, 0.29) is 30.8 Å². The Labute approximate surface area is 173 Å². The van der Waals surface area contributed by atoms with Crippen LogP contribution in [0.15, 0.2) is 46.8 Å². The van der Waals surface area contributed by atoms with Crippen molar-refractivity contribution in [1.29, 1.82) is 0 Å². The molecule has 0 fully saturated rings. The quantitative estimate of drug-likeness (QED) is 0.541. The zero-order valence-corrected chi connectivity index (χ0v) is 17.0. The molecule has 0 aliphatic rings. The van der Waals surface area contributed by atoms with Crippen LogP contribution < -0.4 is 10.0 Å². The molecule has 0 spiro atoms. The van der Waals surface area contributed by atoms with Gasteiger partial charge in [0.2, 0.25) is 5.13 Å². The summed E-state index contributed by atoms with van der Waals surface area (Å²) in [6, 6.07) is 10.7. The van der Waals surface area contributed by atoms with Gasteiger partial charge in [0, 0.05) is 5.02 Å². The first-order chi connectivity index (χ1) is 12.8. The highest BCUT2D eigenvalue weighted by atomic mass is 35.5.